The standard InChI is InChI=1S/C10H7ClN2O2/c11-8-4-2-1-3-6(8)7-5-9(14)12-13-10(7)15/h1-5H,(H,12,14)(H,13,15). The number of halogens is 1. The van der Waals surface area contributed by atoms with E-state index in [0.717, 1.165) is 0 Å². The van der Waals surface area contributed by atoms with Crippen molar-refractivity contribution >= 4 is 11.6 Å². The van der Waals surface area contributed by atoms with Gasteiger partial charge in [-0.05, 0) is 6.07 Å². The van der Waals surface area contributed by atoms with Gasteiger partial charge in [-0.2, -0.15) is 0 Å². The Bertz CT molecular complexity index is 601. The summed E-state index contributed by atoms with van der Waals surface area (Å²) < 4.78 is 0. The molecule has 0 aliphatic heterocycles. The number of aromatic amines is 2. The molecule has 0 atom stereocenters. The van der Waals surface area contributed by atoms with E-state index in [1.807, 2.05) is 0 Å². The van der Waals surface area contributed by atoms with Gasteiger partial charge in [0.15, 0.2) is 0 Å². The van der Waals surface area contributed by atoms with Crippen molar-refractivity contribution in [3.8, 4) is 11.1 Å². The van der Waals surface area contributed by atoms with E-state index < -0.39 is 0 Å². The quantitative estimate of drug-likeness (QED) is 0.766. The summed E-state index contributed by atoms with van der Waals surface area (Å²) in [7, 11) is 0. The minimum atomic E-state index is -0.372. The normalized spacial score (nSPS) is 10.2. The zero-order valence-corrected chi connectivity index (χ0v) is 8.34. The summed E-state index contributed by atoms with van der Waals surface area (Å²) in [5, 5.41) is 4.87. The van der Waals surface area contributed by atoms with Crippen LogP contribution in [0.4, 0.5) is 0 Å². The third-order valence-corrected chi connectivity index (χ3v) is 2.31. The van der Waals surface area contributed by atoms with Crippen molar-refractivity contribution < 1.29 is 0 Å². The van der Waals surface area contributed by atoms with Crippen molar-refractivity contribution in [2.24, 2.45) is 0 Å². The molecule has 2 aromatic rings. The van der Waals surface area contributed by atoms with E-state index in [0.29, 0.717) is 10.6 Å². The molecular formula is C10H7ClN2O2. The molecule has 0 radical (unpaired) electrons. The van der Waals surface area contributed by atoms with Gasteiger partial charge in [0.25, 0.3) is 11.1 Å². The zero-order valence-electron chi connectivity index (χ0n) is 7.58. The van der Waals surface area contributed by atoms with Crippen LogP contribution in [0.1, 0.15) is 0 Å². The Morgan fingerprint density at radius 3 is 2.47 bits per heavy atom. The lowest BCUT2D eigenvalue weighted by Crippen LogP contribution is -2.19. The lowest BCUT2D eigenvalue weighted by Gasteiger charge is -2.01. The Balaban J connectivity index is 2.75. The van der Waals surface area contributed by atoms with Crippen LogP contribution < -0.4 is 11.1 Å². The Morgan fingerprint density at radius 1 is 1.00 bits per heavy atom. The maximum Gasteiger partial charge on any atom is 0.270 e. The lowest BCUT2D eigenvalue weighted by atomic mass is 10.1. The first-order valence-corrected chi connectivity index (χ1v) is 4.63. The molecule has 15 heavy (non-hydrogen) atoms. The van der Waals surface area contributed by atoms with E-state index in [1.54, 1.807) is 24.3 Å². The number of benzene rings is 1. The van der Waals surface area contributed by atoms with Crippen LogP contribution in [0.5, 0.6) is 0 Å². The fourth-order valence-electron chi connectivity index (χ4n) is 1.30. The lowest BCUT2D eigenvalue weighted by molar-refractivity contribution is 0.955. The van der Waals surface area contributed by atoms with Gasteiger partial charge in [-0.15, -0.1) is 0 Å². The smallest absolute Gasteiger partial charge is 0.268 e. The molecule has 1 heterocycles. The van der Waals surface area contributed by atoms with Crippen molar-refractivity contribution in [3.05, 3.63) is 56.1 Å². The van der Waals surface area contributed by atoms with Gasteiger partial charge in [0, 0.05) is 16.7 Å². The summed E-state index contributed by atoms with van der Waals surface area (Å²) >= 11 is 5.92. The highest BCUT2D eigenvalue weighted by Gasteiger charge is 2.07. The number of nitrogens with one attached hydrogen (secondary N) is 2. The Kier molecular flexibility index (Phi) is 2.43. The van der Waals surface area contributed by atoms with Crippen LogP contribution >= 0.6 is 11.6 Å². The number of hydrogen-bond acceptors (Lipinski definition) is 2. The second-order valence-corrected chi connectivity index (χ2v) is 3.39. The average Bonchev–Trinajstić information content (AvgIpc) is 2.23. The zero-order chi connectivity index (χ0) is 10.8. The first kappa shape index (κ1) is 9.73. The Labute approximate surface area is 89.5 Å². The van der Waals surface area contributed by atoms with Crippen molar-refractivity contribution in [1.82, 2.24) is 10.2 Å². The molecule has 0 unspecified atom stereocenters. The fraction of sp³-hybridized carbons (Fsp3) is 0. The molecule has 0 fully saturated rings. The van der Waals surface area contributed by atoms with Crippen LogP contribution in [-0.2, 0) is 0 Å². The van der Waals surface area contributed by atoms with Crippen molar-refractivity contribution in [2.75, 3.05) is 0 Å². The summed E-state index contributed by atoms with van der Waals surface area (Å²) in [4.78, 5) is 22.5. The first-order chi connectivity index (χ1) is 7.18. The molecule has 5 heteroatoms. The maximum absolute atomic E-state index is 11.4. The number of hydrogen-bond donors (Lipinski definition) is 2. The monoisotopic (exact) mass is 222 g/mol. The molecule has 0 aliphatic rings. The third kappa shape index (κ3) is 1.85. The largest absolute Gasteiger partial charge is 0.270 e. The molecule has 0 amide bonds. The molecule has 0 saturated carbocycles. The van der Waals surface area contributed by atoms with E-state index in [4.69, 9.17) is 11.6 Å². The van der Waals surface area contributed by atoms with Crippen LogP contribution in [0, 0.1) is 0 Å². The predicted molar refractivity (Wildman–Crippen MR) is 58.1 cm³/mol. The fourth-order valence-corrected chi connectivity index (χ4v) is 1.54. The van der Waals surface area contributed by atoms with E-state index in [9.17, 15) is 9.59 Å². The van der Waals surface area contributed by atoms with Crippen LogP contribution in [0.15, 0.2) is 39.9 Å². The number of H-pyrrole nitrogens is 2. The SMILES string of the molecule is O=c1cc(-c2ccccc2Cl)c(=O)[nH][nH]1. The van der Waals surface area contributed by atoms with Crippen molar-refractivity contribution in [3.63, 3.8) is 0 Å². The molecule has 76 valence electrons. The van der Waals surface area contributed by atoms with Crippen LogP contribution in [0.25, 0.3) is 11.1 Å². The van der Waals surface area contributed by atoms with Gasteiger partial charge in [0.05, 0.1) is 5.56 Å². The average molecular weight is 223 g/mol. The van der Waals surface area contributed by atoms with Gasteiger partial charge >= 0.3 is 0 Å². The van der Waals surface area contributed by atoms with E-state index in [1.165, 1.54) is 6.07 Å². The number of rotatable bonds is 1. The maximum atomic E-state index is 11.4. The Morgan fingerprint density at radius 2 is 1.73 bits per heavy atom. The highest BCUT2D eigenvalue weighted by molar-refractivity contribution is 6.33. The second kappa shape index (κ2) is 3.74. The van der Waals surface area contributed by atoms with Crippen molar-refractivity contribution in [2.45, 2.75) is 0 Å². The highest BCUT2D eigenvalue weighted by atomic mass is 35.5. The van der Waals surface area contributed by atoms with Gasteiger partial charge in [0.2, 0.25) is 0 Å². The van der Waals surface area contributed by atoms with Gasteiger partial charge in [-0.3, -0.25) is 19.8 Å². The molecule has 0 bridgehead atoms. The van der Waals surface area contributed by atoms with Crippen LogP contribution in [0.3, 0.4) is 0 Å². The molecule has 1 aromatic carbocycles. The molecule has 0 aliphatic carbocycles. The summed E-state index contributed by atoms with van der Waals surface area (Å²) in [6.07, 6.45) is 0. The summed E-state index contributed by atoms with van der Waals surface area (Å²) in [5.74, 6) is 0. The predicted octanol–water partition coefficient (Wildman–Crippen LogP) is 1.38. The third-order valence-electron chi connectivity index (χ3n) is 1.98. The minimum absolute atomic E-state index is 0.268. The molecule has 1 aromatic heterocycles. The van der Waals surface area contributed by atoms with E-state index in [-0.39, 0.29) is 16.7 Å². The molecule has 2 N–H and O–H groups in total. The summed E-state index contributed by atoms with van der Waals surface area (Å²) in [6.45, 7) is 0. The molecule has 4 nitrogen and oxygen atoms in total. The second-order valence-electron chi connectivity index (χ2n) is 2.98. The van der Waals surface area contributed by atoms with Crippen molar-refractivity contribution in [1.29, 1.82) is 0 Å². The topological polar surface area (TPSA) is 65.7 Å². The van der Waals surface area contributed by atoms with Crippen LogP contribution in [-0.4, -0.2) is 10.2 Å². The molecule has 0 spiro atoms. The minimum Gasteiger partial charge on any atom is -0.268 e. The summed E-state index contributed by atoms with van der Waals surface area (Å²) in [5.41, 5.74) is 0.0723. The van der Waals surface area contributed by atoms with Gasteiger partial charge < -0.3 is 0 Å². The van der Waals surface area contributed by atoms with Gasteiger partial charge in [-0.25, -0.2) is 0 Å². The molecular weight excluding hydrogens is 216 g/mol. The summed E-state index contributed by atoms with van der Waals surface area (Å²) in [6, 6.07) is 8.08. The van der Waals surface area contributed by atoms with E-state index >= 15 is 0 Å². The Hall–Kier alpha value is -1.81. The van der Waals surface area contributed by atoms with Gasteiger partial charge in [-0.1, -0.05) is 29.8 Å². The number of aromatic nitrogens is 2. The van der Waals surface area contributed by atoms with Crippen LogP contribution in [0.2, 0.25) is 5.02 Å². The van der Waals surface area contributed by atoms with Gasteiger partial charge in [0.1, 0.15) is 0 Å². The first-order valence-electron chi connectivity index (χ1n) is 4.25. The highest BCUT2D eigenvalue weighted by Crippen LogP contribution is 2.23. The molecule has 2 rings (SSSR count). The molecule has 0 saturated heterocycles. The van der Waals surface area contributed by atoms with E-state index in [2.05, 4.69) is 10.2 Å².